The Morgan fingerprint density at radius 3 is 2.52 bits per heavy atom. The molecular weight excluding hydrogens is 344 g/mol. The van der Waals surface area contributed by atoms with Gasteiger partial charge in [0.1, 0.15) is 0 Å². The summed E-state index contributed by atoms with van der Waals surface area (Å²) < 4.78 is 21.7. The van der Waals surface area contributed by atoms with E-state index in [0.717, 1.165) is 37.2 Å². The maximum atomic E-state index is 12.2. The number of carbonyl (C=O) groups is 1. The maximum absolute atomic E-state index is 12.2. The van der Waals surface area contributed by atoms with E-state index in [2.05, 4.69) is 12.1 Å². The molecule has 1 aromatic carbocycles. The van der Waals surface area contributed by atoms with E-state index in [9.17, 15) is 4.79 Å². The van der Waals surface area contributed by atoms with Gasteiger partial charge < -0.3 is 18.9 Å². The van der Waals surface area contributed by atoms with Crippen LogP contribution < -0.4 is 9.47 Å². The van der Waals surface area contributed by atoms with E-state index >= 15 is 0 Å². The third-order valence-corrected chi connectivity index (χ3v) is 5.30. The Kier molecular flexibility index (Phi) is 8.92. The molecule has 0 atom stereocenters. The van der Waals surface area contributed by atoms with Gasteiger partial charge >= 0.3 is 5.97 Å². The van der Waals surface area contributed by atoms with Crippen LogP contribution in [0.4, 0.5) is 0 Å². The van der Waals surface area contributed by atoms with E-state index in [1.807, 2.05) is 13.0 Å². The molecule has 27 heavy (non-hydrogen) atoms. The first-order valence-electron chi connectivity index (χ1n) is 10.1. The second-order valence-electron chi connectivity index (χ2n) is 7.40. The minimum absolute atomic E-state index is 0.00753. The average Bonchev–Trinajstić information content (AvgIpc) is 2.66. The van der Waals surface area contributed by atoms with Crippen LogP contribution in [-0.2, 0) is 20.7 Å². The van der Waals surface area contributed by atoms with Gasteiger partial charge in [-0.2, -0.15) is 0 Å². The fraction of sp³-hybridized carbons (Fsp3) is 0.682. The van der Waals surface area contributed by atoms with Crippen LogP contribution in [0.1, 0.15) is 57.4 Å². The summed E-state index contributed by atoms with van der Waals surface area (Å²) in [7, 11) is 3.34. The number of hydrogen-bond acceptors (Lipinski definition) is 5. The molecule has 0 N–H and O–H groups in total. The molecule has 0 unspecified atom stereocenters. The van der Waals surface area contributed by atoms with Crippen molar-refractivity contribution in [3.05, 3.63) is 23.8 Å². The smallest absolute Gasteiger partial charge is 0.306 e. The van der Waals surface area contributed by atoms with Crippen molar-refractivity contribution in [2.24, 2.45) is 5.41 Å². The quantitative estimate of drug-likeness (QED) is 0.417. The second kappa shape index (κ2) is 11.2. The molecule has 0 bridgehead atoms. The summed E-state index contributed by atoms with van der Waals surface area (Å²) in [6.07, 6.45) is 7.94. The molecule has 1 saturated carbocycles. The Balaban J connectivity index is 2.12. The number of rotatable bonds is 11. The fourth-order valence-electron chi connectivity index (χ4n) is 4.00. The van der Waals surface area contributed by atoms with Gasteiger partial charge in [0.25, 0.3) is 0 Å². The largest absolute Gasteiger partial charge is 0.493 e. The van der Waals surface area contributed by atoms with Crippen molar-refractivity contribution in [3.63, 3.8) is 0 Å². The summed E-state index contributed by atoms with van der Waals surface area (Å²) >= 11 is 0. The first kappa shape index (κ1) is 21.5. The van der Waals surface area contributed by atoms with Crippen molar-refractivity contribution in [1.29, 1.82) is 0 Å². The minimum Gasteiger partial charge on any atom is -0.493 e. The number of hydrogen-bond donors (Lipinski definition) is 0. The van der Waals surface area contributed by atoms with Gasteiger partial charge in [-0.25, -0.2) is 0 Å². The zero-order chi connectivity index (χ0) is 19.5. The SMILES string of the molecule is CCOC(=O)CC1(Cc2ccc(OC)c(OCCCOC)c2)CCCCC1. The van der Waals surface area contributed by atoms with Crippen LogP contribution in [-0.4, -0.2) is 40.0 Å². The summed E-state index contributed by atoms with van der Waals surface area (Å²) in [6, 6.07) is 6.11. The number of benzene rings is 1. The van der Waals surface area contributed by atoms with Gasteiger partial charge in [0, 0.05) is 20.1 Å². The zero-order valence-electron chi connectivity index (χ0n) is 17.1. The van der Waals surface area contributed by atoms with E-state index < -0.39 is 0 Å². The first-order chi connectivity index (χ1) is 13.1. The van der Waals surface area contributed by atoms with Gasteiger partial charge in [-0.1, -0.05) is 25.3 Å². The number of ether oxygens (including phenoxy) is 4. The maximum Gasteiger partial charge on any atom is 0.306 e. The molecule has 1 aromatic rings. The summed E-state index contributed by atoms with van der Waals surface area (Å²) in [5.41, 5.74) is 1.18. The fourth-order valence-corrected chi connectivity index (χ4v) is 4.00. The summed E-state index contributed by atoms with van der Waals surface area (Å²) in [4.78, 5) is 12.2. The van der Waals surface area contributed by atoms with Crippen LogP contribution in [0.25, 0.3) is 0 Å². The lowest BCUT2D eigenvalue weighted by Gasteiger charge is -2.37. The first-order valence-corrected chi connectivity index (χ1v) is 10.1. The van der Waals surface area contributed by atoms with Crippen molar-refractivity contribution in [3.8, 4) is 11.5 Å². The predicted molar refractivity (Wildman–Crippen MR) is 105 cm³/mol. The molecule has 5 nitrogen and oxygen atoms in total. The topological polar surface area (TPSA) is 54.0 Å². The molecule has 0 radical (unpaired) electrons. The molecule has 2 rings (SSSR count). The highest BCUT2D eigenvalue weighted by atomic mass is 16.5. The van der Waals surface area contributed by atoms with Crippen LogP contribution >= 0.6 is 0 Å². The van der Waals surface area contributed by atoms with Crippen molar-refractivity contribution in [2.75, 3.05) is 34.0 Å². The Labute approximate surface area is 163 Å². The molecule has 1 fully saturated rings. The lowest BCUT2D eigenvalue weighted by atomic mass is 9.68. The Hall–Kier alpha value is -1.75. The van der Waals surface area contributed by atoms with Crippen LogP contribution in [0, 0.1) is 5.41 Å². The molecule has 0 aromatic heterocycles. The standard InChI is InChI=1S/C22H34O5/c1-4-26-21(23)17-22(11-6-5-7-12-22)16-18-9-10-19(25-3)20(15-18)27-14-8-13-24-2/h9-10,15H,4-8,11-14,16-17H2,1-3H3. The Bertz CT molecular complexity index is 578. The molecule has 152 valence electrons. The van der Waals surface area contributed by atoms with Gasteiger partial charge in [0.2, 0.25) is 0 Å². The summed E-state index contributed by atoms with van der Waals surface area (Å²) in [5, 5.41) is 0. The van der Waals surface area contributed by atoms with Crippen molar-refractivity contribution in [1.82, 2.24) is 0 Å². The normalized spacial score (nSPS) is 16.0. The van der Waals surface area contributed by atoms with E-state index in [4.69, 9.17) is 18.9 Å². The van der Waals surface area contributed by atoms with Gasteiger partial charge in [-0.15, -0.1) is 0 Å². The molecular formula is C22H34O5. The average molecular weight is 379 g/mol. The monoisotopic (exact) mass is 378 g/mol. The molecule has 5 heteroatoms. The summed E-state index contributed by atoms with van der Waals surface area (Å²) in [5.74, 6) is 1.41. The highest BCUT2D eigenvalue weighted by molar-refractivity contribution is 5.70. The molecule has 1 aliphatic rings. The molecule has 0 aliphatic heterocycles. The predicted octanol–water partition coefficient (Wildman–Crippen LogP) is 4.56. The van der Waals surface area contributed by atoms with E-state index in [1.54, 1.807) is 14.2 Å². The lowest BCUT2D eigenvalue weighted by Crippen LogP contribution is -2.30. The molecule has 1 aliphatic carbocycles. The third-order valence-electron chi connectivity index (χ3n) is 5.30. The summed E-state index contributed by atoms with van der Waals surface area (Å²) in [6.45, 7) is 3.56. The van der Waals surface area contributed by atoms with Gasteiger partial charge in [-0.3, -0.25) is 4.79 Å². The minimum atomic E-state index is -0.0797. The molecule has 0 heterocycles. The number of methoxy groups -OCH3 is 2. The van der Waals surface area contributed by atoms with Gasteiger partial charge in [0.05, 0.1) is 26.7 Å². The van der Waals surface area contributed by atoms with Crippen LogP contribution in [0.5, 0.6) is 11.5 Å². The van der Waals surface area contributed by atoms with Crippen molar-refractivity contribution < 1.29 is 23.7 Å². The Morgan fingerprint density at radius 2 is 1.85 bits per heavy atom. The van der Waals surface area contributed by atoms with Gasteiger partial charge in [-0.05, 0) is 49.3 Å². The molecule has 0 spiro atoms. The zero-order valence-corrected chi connectivity index (χ0v) is 17.1. The van der Waals surface area contributed by atoms with Crippen LogP contribution in [0.15, 0.2) is 18.2 Å². The van der Waals surface area contributed by atoms with Crippen molar-refractivity contribution >= 4 is 5.97 Å². The van der Waals surface area contributed by atoms with Crippen LogP contribution in [0.3, 0.4) is 0 Å². The van der Waals surface area contributed by atoms with E-state index in [1.165, 1.54) is 24.8 Å². The second-order valence-corrected chi connectivity index (χ2v) is 7.40. The molecule has 0 amide bonds. The highest BCUT2D eigenvalue weighted by Gasteiger charge is 2.35. The number of esters is 1. The number of carbonyl (C=O) groups excluding carboxylic acids is 1. The highest BCUT2D eigenvalue weighted by Crippen LogP contribution is 2.43. The third kappa shape index (κ3) is 6.73. The lowest BCUT2D eigenvalue weighted by molar-refractivity contribution is -0.146. The molecule has 0 saturated heterocycles. The van der Waals surface area contributed by atoms with Crippen molar-refractivity contribution in [2.45, 2.75) is 58.3 Å². The Morgan fingerprint density at radius 1 is 1.07 bits per heavy atom. The van der Waals surface area contributed by atoms with E-state index in [0.29, 0.717) is 26.2 Å². The van der Waals surface area contributed by atoms with Gasteiger partial charge in [0.15, 0.2) is 11.5 Å². The van der Waals surface area contributed by atoms with E-state index in [-0.39, 0.29) is 11.4 Å². The van der Waals surface area contributed by atoms with Crippen LogP contribution in [0.2, 0.25) is 0 Å².